The summed E-state index contributed by atoms with van der Waals surface area (Å²) in [6, 6.07) is 27.5. The molecule has 2 unspecified atom stereocenters. The molecule has 0 bridgehead atoms. The first-order chi connectivity index (χ1) is 27.1. The van der Waals surface area contributed by atoms with Gasteiger partial charge in [-0.05, 0) is 108 Å². The van der Waals surface area contributed by atoms with Crippen LogP contribution in [0.1, 0.15) is 98.0 Å². The molecule has 11 heteroatoms. The number of aromatic hydroxyl groups is 1. The van der Waals surface area contributed by atoms with Crippen LogP contribution in [0.4, 0.5) is 0 Å². The maximum atomic E-state index is 13.3. The molecule has 56 heavy (non-hydrogen) atoms. The quantitative estimate of drug-likeness (QED) is 0.251. The Kier molecular flexibility index (Phi) is 8.14. The van der Waals surface area contributed by atoms with E-state index in [9.17, 15) is 29.1 Å². The predicted molar refractivity (Wildman–Crippen MR) is 204 cm³/mol. The van der Waals surface area contributed by atoms with Crippen LogP contribution in [0.3, 0.4) is 0 Å². The molecule has 4 aliphatic heterocycles. The molecule has 2 aliphatic carbocycles. The smallest absolute Gasteiger partial charge is 0.262 e. The van der Waals surface area contributed by atoms with Crippen LogP contribution in [-0.2, 0) is 33.9 Å². The maximum Gasteiger partial charge on any atom is 0.262 e. The minimum absolute atomic E-state index is 0.0698. The number of phenols is 1. The van der Waals surface area contributed by atoms with Gasteiger partial charge >= 0.3 is 0 Å². The highest BCUT2D eigenvalue weighted by Gasteiger charge is 2.55. The van der Waals surface area contributed by atoms with Gasteiger partial charge in [-0.3, -0.25) is 39.1 Å². The summed E-state index contributed by atoms with van der Waals surface area (Å²) < 4.78 is 6.43. The number of phenolic OH excluding ortho intramolecular Hbond substituents is 1. The summed E-state index contributed by atoms with van der Waals surface area (Å²) >= 11 is 0. The SMILES string of the molecule is O=C1CCC(N2C(=O)c3cc4c(cc3C2=O)CN(CC(=O)N2CC3(CC(Oc5ccc([C@@H]6c7ccc(O)cc7CCC6c6ccccc6)cc5)C3)C2)C4)C(=O)N1. The van der Waals surface area contributed by atoms with Crippen LogP contribution in [0.2, 0.25) is 0 Å². The normalized spacial score (nSPS) is 24.0. The second-order valence-electron chi connectivity index (χ2n) is 16.6. The predicted octanol–water partition coefficient (Wildman–Crippen LogP) is 5.04. The van der Waals surface area contributed by atoms with Crippen molar-refractivity contribution < 1.29 is 33.8 Å². The minimum Gasteiger partial charge on any atom is -0.508 e. The summed E-state index contributed by atoms with van der Waals surface area (Å²) in [6.45, 7) is 2.67. The van der Waals surface area contributed by atoms with Gasteiger partial charge in [-0.1, -0.05) is 48.5 Å². The number of amides is 5. The van der Waals surface area contributed by atoms with Crippen LogP contribution in [-0.4, -0.2) is 81.1 Å². The van der Waals surface area contributed by atoms with E-state index in [1.807, 2.05) is 15.9 Å². The molecule has 2 saturated heterocycles. The number of hydrogen-bond donors (Lipinski definition) is 2. The van der Waals surface area contributed by atoms with E-state index >= 15 is 0 Å². The second-order valence-corrected chi connectivity index (χ2v) is 16.6. The number of carbonyl (C=O) groups is 5. The molecule has 284 valence electrons. The lowest BCUT2D eigenvalue weighted by Gasteiger charge is -2.58. The molecule has 2 N–H and O–H groups in total. The number of rotatable bonds is 7. The molecule has 4 aromatic carbocycles. The van der Waals surface area contributed by atoms with E-state index in [2.05, 4.69) is 66.0 Å². The van der Waals surface area contributed by atoms with Crippen molar-refractivity contribution in [3.05, 3.63) is 129 Å². The van der Waals surface area contributed by atoms with Crippen molar-refractivity contribution in [2.24, 2.45) is 5.41 Å². The van der Waals surface area contributed by atoms with Gasteiger partial charge in [0.05, 0.1) is 17.7 Å². The number of piperidine rings is 1. The number of carbonyl (C=O) groups excluding carboxylic acids is 5. The lowest BCUT2D eigenvalue weighted by Crippen LogP contribution is -2.66. The Morgan fingerprint density at radius 2 is 1.48 bits per heavy atom. The first kappa shape index (κ1) is 34.7. The van der Waals surface area contributed by atoms with Crippen LogP contribution < -0.4 is 10.1 Å². The van der Waals surface area contributed by atoms with Gasteiger partial charge in [0.15, 0.2) is 0 Å². The van der Waals surface area contributed by atoms with Gasteiger partial charge < -0.3 is 14.7 Å². The molecule has 0 radical (unpaired) electrons. The number of imide groups is 2. The van der Waals surface area contributed by atoms with Gasteiger partial charge in [0, 0.05) is 43.9 Å². The molecular weight excluding hydrogens is 709 g/mol. The Hall–Kier alpha value is -5.81. The maximum absolute atomic E-state index is 13.3. The molecule has 4 aromatic rings. The van der Waals surface area contributed by atoms with E-state index in [0.717, 1.165) is 60.5 Å². The lowest BCUT2D eigenvalue weighted by atomic mass is 9.61. The number of likely N-dealkylation sites (tertiary alicyclic amines) is 1. The number of nitrogens with zero attached hydrogens (tertiary/aromatic N) is 3. The third-order valence-electron chi connectivity index (χ3n) is 13.0. The third kappa shape index (κ3) is 5.87. The minimum atomic E-state index is -0.995. The van der Waals surface area contributed by atoms with Gasteiger partial charge in [-0.25, -0.2) is 0 Å². The highest BCUT2D eigenvalue weighted by Crippen LogP contribution is 2.51. The molecule has 1 spiro atoms. The molecule has 3 fully saturated rings. The van der Waals surface area contributed by atoms with Gasteiger partial charge in [0.25, 0.3) is 11.8 Å². The zero-order chi connectivity index (χ0) is 38.3. The van der Waals surface area contributed by atoms with Crippen molar-refractivity contribution in [3.63, 3.8) is 0 Å². The lowest BCUT2D eigenvalue weighted by molar-refractivity contribution is -0.161. The summed E-state index contributed by atoms with van der Waals surface area (Å²) in [5.41, 5.74) is 7.47. The van der Waals surface area contributed by atoms with Gasteiger partial charge in [-0.2, -0.15) is 0 Å². The zero-order valence-corrected chi connectivity index (χ0v) is 30.9. The Balaban J connectivity index is 0.724. The van der Waals surface area contributed by atoms with Crippen LogP contribution in [0.15, 0.2) is 84.9 Å². The van der Waals surface area contributed by atoms with Crippen molar-refractivity contribution in [2.45, 2.75) is 75.6 Å². The van der Waals surface area contributed by atoms with Gasteiger partial charge in [0.2, 0.25) is 17.7 Å². The number of nitrogens with one attached hydrogen (secondary N) is 1. The average Bonchev–Trinajstić information content (AvgIpc) is 3.66. The molecule has 11 nitrogen and oxygen atoms in total. The van der Waals surface area contributed by atoms with Crippen molar-refractivity contribution in [2.75, 3.05) is 19.6 Å². The van der Waals surface area contributed by atoms with Crippen LogP contribution in [0.5, 0.6) is 11.5 Å². The van der Waals surface area contributed by atoms with Crippen molar-refractivity contribution in [1.29, 1.82) is 0 Å². The topological polar surface area (TPSA) is 137 Å². The first-order valence-corrected chi connectivity index (χ1v) is 19.6. The average molecular weight is 751 g/mol. The second kappa shape index (κ2) is 13.2. The molecule has 6 aliphatic rings. The van der Waals surface area contributed by atoms with E-state index in [0.29, 0.717) is 24.8 Å². The van der Waals surface area contributed by atoms with E-state index in [1.54, 1.807) is 18.2 Å². The summed E-state index contributed by atoms with van der Waals surface area (Å²) in [6.07, 6.45) is 4.07. The van der Waals surface area contributed by atoms with E-state index < -0.39 is 29.7 Å². The molecular formula is C45H42N4O7. The summed E-state index contributed by atoms with van der Waals surface area (Å²) in [5.74, 6) is -0.316. The molecule has 3 atom stereocenters. The van der Waals surface area contributed by atoms with Crippen molar-refractivity contribution >= 4 is 29.5 Å². The standard InChI is InChI=1S/C45H42N4O7/c50-31-9-13-35-28(16-31)8-12-34(26-4-2-1-3-5-26)41(35)27-6-10-32(11-7-27)56-33-19-45(20-33)24-48(25-45)40(52)23-47-21-29-17-36-37(18-30(29)22-47)44(55)49(43(36)54)38-14-15-39(51)46-42(38)53/h1-7,9-11,13,16-18,33-34,38,41,50H,8,12,14-15,19-25H2,(H,46,51,53)/t34?,38?,41-/m0/s1. The molecule has 4 heterocycles. The van der Waals surface area contributed by atoms with Crippen LogP contribution >= 0.6 is 0 Å². The van der Waals surface area contributed by atoms with Crippen molar-refractivity contribution in [1.82, 2.24) is 20.0 Å². The zero-order valence-electron chi connectivity index (χ0n) is 30.9. The summed E-state index contributed by atoms with van der Waals surface area (Å²) in [5, 5.41) is 12.4. The number of hydrogen-bond acceptors (Lipinski definition) is 8. The largest absolute Gasteiger partial charge is 0.508 e. The Bertz CT molecular complexity index is 2270. The number of aryl methyl sites for hydroxylation is 1. The first-order valence-electron chi connectivity index (χ1n) is 19.6. The van der Waals surface area contributed by atoms with Crippen LogP contribution in [0.25, 0.3) is 0 Å². The molecule has 1 saturated carbocycles. The van der Waals surface area contributed by atoms with E-state index in [4.69, 9.17) is 4.74 Å². The fraction of sp³-hybridized carbons (Fsp3) is 0.356. The van der Waals surface area contributed by atoms with Gasteiger partial charge in [0.1, 0.15) is 23.6 Å². The third-order valence-corrected chi connectivity index (χ3v) is 13.0. The number of benzene rings is 4. The Morgan fingerprint density at radius 3 is 2.16 bits per heavy atom. The van der Waals surface area contributed by atoms with E-state index in [-0.39, 0.29) is 53.9 Å². The molecule has 5 amide bonds. The summed E-state index contributed by atoms with van der Waals surface area (Å²) in [7, 11) is 0. The number of fused-ring (bicyclic) bond motifs is 3. The van der Waals surface area contributed by atoms with E-state index in [1.165, 1.54) is 22.3 Å². The fourth-order valence-electron chi connectivity index (χ4n) is 10.3. The fourth-order valence-corrected chi connectivity index (χ4v) is 10.3. The van der Waals surface area contributed by atoms with Gasteiger partial charge in [-0.15, -0.1) is 0 Å². The highest BCUT2D eigenvalue weighted by molar-refractivity contribution is 6.23. The molecule has 10 rings (SSSR count). The Morgan fingerprint density at radius 1 is 0.786 bits per heavy atom. The monoisotopic (exact) mass is 750 g/mol. The highest BCUT2D eigenvalue weighted by atomic mass is 16.5. The Labute approximate surface area is 324 Å². The number of ether oxygens (including phenoxy) is 1. The summed E-state index contributed by atoms with van der Waals surface area (Å²) in [4.78, 5) is 68.9. The van der Waals surface area contributed by atoms with Crippen molar-refractivity contribution in [3.8, 4) is 11.5 Å². The molecule has 0 aromatic heterocycles. The van der Waals surface area contributed by atoms with Crippen LogP contribution in [0, 0.1) is 5.41 Å².